The minimum atomic E-state index is -0.917. The second kappa shape index (κ2) is 4.89. The second-order valence-electron chi connectivity index (χ2n) is 6.02. The van der Waals surface area contributed by atoms with E-state index in [1.807, 2.05) is 58.0 Å². The first-order chi connectivity index (χ1) is 9.35. The summed E-state index contributed by atoms with van der Waals surface area (Å²) < 4.78 is 5.48. The Morgan fingerprint density at radius 1 is 1.30 bits per heavy atom. The summed E-state index contributed by atoms with van der Waals surface area (Å²) in [5.41, 5.74) is -0.572. The van der Waals surface area contributed by atoms with Crippen LogP contribution >= 0.6 is 0 Å². The normalized spacial score (nSPS) is 22.6. The number of carbonyl (C=O) groups is 1. The lowest BCUT2D eigenvalue weighted by molar-refractivity contribution is -0.144. The molecule has 1 aromatic rings. The van der Waals surface area contributed by atoms with Crippen LogP contribution in [0, 0.1) is 11.3 Å². The van der Waals surface area contributed by atoms with Gasteiger partial charge in [0.25, 0.3) is 0 Å². The lowest BCUT2D eigenvalue weighted by atomic mass is 9.66. The van der Waals surface area contributed by atoms with Crippen molar-refractivity contribution in [1.29, 1.82) is 0 Å². The standard InChI is InChI=1S/C17H21NO2/c1-6-16(4,5)17(12(2)3)15(19)20-14(18-17)13-10-8-7-9-11-13/h6-12H,1H2,2-5H3. The molecule has 1 heterocycles. The summed E-state index contributed by atoms with van der Waals surface area (Å²) >= 11 is 0. The Balaban J connectivity index is 2.57. The van der Waals surface area contributed by atoms with Crippen molar-refractivity contribution in [2.75, 3.05) is 0 Å². The highest BCUT2D eigenvalue weighted by atomic mass is 16.6. The van der Waals surface area contributed by atoms with E-state index in [9.17, 15) is 4.79 Å². The number of nitrogens with zero attached hydrogens (tertiary/aromatic N) is 1. The smallest absolute Gasteiger partial charge is 0.342 e. The highest BCUT2D eigenvalue weighted by Crippen LogP contribution is 2.45. The molecular weight excluding hydrogens is 250 g/mol. The van der Waals surface area contributed by atoms with E-state index >= 15 is 0 Å². The van der Waals surface area contributed by atoms with Crippen LogP contribution < -0.4 is 0 Å². The molecule has 0 spiro atoms. The summed E-state index contributed by atoms with van der Waals surface area (Å²) in [5, 5.41) is 0. The van der Waals surface area contributed by atoms with E-state index in [2.05, 4.69) is 11.6 Å². The third-order valence-corrected chi connectivity index (χ3v) is 4.13. The minimum absolute atomic E-state index is 0.0178. The number of carbonyl (C=O) groups excluding carboxylic acids is 1. The molecule has 1 aliphatic heterocycles. The molecule has 3 nitrogen and oxygen atoms in total. The zero-order chi connectivity index (χ0) is 15.0. The molecule has 1 aliphatic rings. The monoisotopic (exact) mass is 271 g/mol. The van der Waals surface area contributed by atoms with E-state index in [4.69, 9.17) is 4.74 Å². The van der Waals surface area contributed by atoms with Gasteiger partial charge in [-0.05, 0) is 18.1 Å². The molecule has 0 radical (unpaired) electrons. The first kappa shape index (κ1) is 14.5. The molecule has 1 aromatic carbocycles. The summed E-state index contributed by atoms with van der Waals surface area (Å²) in [6.45, 7) is 11.8. The van der Waals surface area contributed by atoms with E-state index in [-0.39, 0.29) is 11.9 Å². The van der Waals surface area contributed by atoms with Crippen LogP contribution in [0.5, 0.6) is 0 Å². The number of esters is 1. The molecule has 3 heteroatoms. The fraction of sp³-hybridized carbons (Fsp3) is 0.412. The van der Waals surface area contributed by atoms with Gasteiger partial charge in [-0.3, -0.25) is 0 Å². The van der Waals surface area contributed by atoms with Crippen LogP contribution in [0.2, 0.25) is 0 Å². The van der Waals surface area contributed by atoms with Crippen molar-refractivity contribution in [1.82, 2.24) is 0 Å². The molecule has 0 saturated heterocycles. The number of ether oxygens (including phenoxy) is 1. The number of benzene rings is 1. The van der Waals surface area contributed by atoms with E-state index in [1.165, 1.54) is 0 Å². The number of hydrogen-bond acceptors (Lipinski definition) is 3. The second-order valence-corrected chi connectivity index (χ2v) is 6.02. The van der Waals surface area contributed by atoms with Gasteiger partial charge in [0.2, 0.25) is 5.90 Å². The Morgan fingerprint density at radius 3 is 2.40 bits per heavy atom. The molecule has 0 amide bonds. The fourth-order valence-electron chi connectivity index (χ4n) is 2.77. The summed E-state index contributed by atoms with van der Waals surface area (Å²) in [6, 6.07) is 9.51. The van der Waals surface area contributed by atoms with Crippen molar-refractivity contribution in [3.8, 4) is 0 Å². The van der Waals surface area contributed by atoms with E-state index < -0.39 is 11.0 Å². The van der Waals surface area contributed by atoms with E-state index in [0.717, 1.165) is 5.56 Å². The van der Waals surface area contributed by atoms with Crippen LogP contribution in [0.15, 0.2) is 48.0 Å². The van der Waals surface area contributed by atoms with Crippen molar-refractivity contribution in [3.63, 3.8) is 0 Å². The maximum Gasteiger partial charge on any atom is 0.342 e. The summed E-state index contributed by atoms with van der Waals surface area (Å²) in [6.07, 6.45) is 1.78. The van der Waals surface area contributed by atoms with E-state index in [1.54, 1.807) is 6.08 Å². The van der Waals surface area contributed by atoms with Crippen molar-refractivity contribution < 1.29 is 9.53 Å². The first-order valence-corrected chi connectivity index (χ1v) is 6.86. The maximum atomic E-state index is 12.5. The Kier molecular flexibility index (Phi) is 3.55. The van der Waals surface area contributed by atoms with Crippen molar-refractivity contribution in [3.05, 3.63) is 48.6 Å². The molecule has 106 valence electrons. The van der Waals surface area contributed by atoms with Gasteiger partial charge in [-0.2, -0.15) is 0 Å². The predicted molar refractivity (Wildman–Crippen MR) is 80.6 cm³/mol. The molecule has 1 unspecified atom stereocenters. The Morgan fingerprint density at radius 2 is 1.90 bits per heavy atom. The predicted octanol–water partition coefficient (Wildman–Crippen LogP) is 3.60. The summed E-state index contributed by atoms with van der Waals surface area (Å²) in [5.74, 6) is 0.125. The Hall–Kier alpha value is -1.90. The highest BCUT2D eigenvalue weighted by molar-refractivity contribution is 6.08. The third-order valence-electron chi connectivity index (χ3n) is 4.13. The minimum Gasteiger partial charge on any atom is -0.405 e. The number of rotatable bonds is 4. The largest absolute Gasteiger partial charge is 0.405 e. The molecule has 2 rings (SSSR count). The third kappa shape index (κ3) is 1.98. The van der Waals surface area contributed by atoms with Crippen LogP contribution in [-0.4, -0.2) is 17.4 Å². The van der Waals surface area contributed by atoms with Gasteiger partial charge in [0.05, 0.1) is 0 Å². The first-order valence-electron chi connectivity index (χ1n) is 6.86. The topological polar surface area (TPSA) is 38.7 Å². The highest BCUT2D eigenvalue weighted by Gasteiger charge is 2.57. The van der Waals surface area contributed by atoms with Crippen molar-refractivity contribution in [2.45, 2.75) is 33.2 Å². The van der Waals surface area contributed by atoms with Crippen LogP contribution in [0.4, 0.5) is 0 Å². The molecule has 20 heavy (non-hydrogen) atoms. The zero-order valence-corrected chi connectivity index (χ0v) is 12.5. The number of cyclic esters (lactones) is 1. The lowest BCUT2D eigenvalue weighted by Crippen LogP contribution is -2.51. The van der Waals surface area contributed by atoms with Crippen molar-refractivity contribution in [2.24, 2.45) is 16.3 Å². The van der Waals surface area contributed by atoms with Gasteiger partial charge in [0.15, 0.2) is 5.54 Å². The quantitative estimate of drug-likeness (QED) is 0.620. The van der Waals surface area contributed by atoms with Crippen LogP contribution in [0.25, 0.3) is 0 Å². The molecule has 0 bridgehead atoms. The van der Waals surface area contributed by atoms with E-state index in [0.29, 0.717) is 5.90 Å². The van der Waals surface area contributed by atoms with Crippen LogP contribution in [0.3, 0.4) is 0 Å². The van der Waals surface area contributed by atoms with Gasteiger partial charge in [0, 0.05) is 11.0 Å². The van der Waals surface area contributed by atoms with Gasteiger partial charge in [-0.1, -0.05) is 52.0 Å². The number of hydrogen-bond donors (Lipinski definition) is 0. The van der Waals surface area contributed by atoms with Crippen LogP contribution in [-0.2, 0) is 9.53 Å². The molecular formula is C17H21NO2. The van der Waals surface area contributed by atoms with Gasteiger partial charge in [-0.15, -0.1) is 6.58 Å². The Labute approximate surface area is 120 Å². The molecule has 1 atom stereocenters. The average Bonchev–Trinajstić information content (AvgIpc) is 2.79. The van der Waals surface area contributed by atoms with Crippen LogP contribution in [0.1, 0.15) is 33.3 Å². The molecule has 0 N–H and O–H groups in total. The maximum absolute atomic E-state index is 12.5. The zero-order valence-electron chi connectivity index (χ0n) is 12.5. The fourth-order valence-corrected chi connectivity index (χ4v) is 2.77. The summed E-state index contributed by atoms with van der Waals surface area (Å²) in [7, 11) is 0. The summed E-state index contributed by atoms with van der Waals surface area (Å²) in [4.78, 5) is 17.2. The Bertz CT molecular complexity index is 558. The van der Waals surface area contributed by atoms with Gasteiger partial charge < -0.3 is 4.74 Å². The van der Waals surface area contributed by atoms with Gasteiger partial charge in [0.1, 0.15) is 0 Å². The molecule has 0 aliphatic carbocycles. The SMILES string of the molecule is C=CC(C)(C)C1(C(C)C)N=C(c2ccccc2)OC1=O. The molecule has 0 aromatic heterocycles. The van der Waals surface area contributed by atoms with Crippen molar-refractivity contribution >= 4 is 11.9 Å². The molecule has 0 saturated carbocycles. The van der Waals surface area contributed by atoms with Gasteiger partial charge in [-0.25, -0.2) is 9.79 Å². The molecule has 0 fully saturated rings. The average molecular weight is 271 g/mol. The number of aliphatic imine (C=N–C) groups is 1. The lowest BCUT2D eigenvalue weighted by Gasteiger charge is -2.39. The van der Waals surface area contributed by atoms with Gasteiger partial charge >= 0.3 is 5.97 Å².